The van der Waals surface area contributed by atoms with E-state index in [4.69, 9.17) is 0 Å². The van der Waals surface area contributed by atoms with Crippen LogP contribution in [0.5, 0.6) is 0 Å². The maximum absolute atomic E-state index is 3.62. The summed E-state index contributed by atoms with van der Waals surface area (Å²) in [5, 5.41) is 4.90. The number of rotatable bonds is 3. The minimum Gasteiger partial charge on any atom is -0.344 e. The molecule has 2 aromatic carbocycles. The average molecular weight is 355 g/mol. The molecule has 1 aromatic heterocycles. The van der Waals surface area contributed by atoms with Crippen molar-refractivity contribution in [1.82, 2.24) is 9.88 Å². The number of nitrogens with one attached hydrogen (secondary N) is 1. The lowest BCUT2D eigenvalue weighted by Crippen LogP contribution is -2.24. The number of benzene rings is 2. The molecule has 3 heteroatoms. The van der Waals surface area contributed by atoms with Crippen LogP contribution >= 0.6 is 15.9 Å². The van der Waals surface area contributed by atoms with Crippen molar-refractivity contribution in [2.24, 2.45) is 0 Å². The molecule has 0 bridgehead atoms. The van der Waals surface area contributed by atoms with Gasteiger partial charge in [-0.15, -0.1) is 0 Å². The lowest BCUT2D eigenvalue weighted by atomic mass is 10.1. The summed E-state index contributed by atoms with van der Waals surface area (Å²) in [7, 11) is 0. The minimum atomic E-state index is 0.987. The first-order valence-electron chi connectivity index (χ1n) is 7.87. The molecule has 0 amide bonds. The van der Waals surface area contributed by atoms with E-state index in [2.05, 4.69) is 74.3 Å². The molecule has 2 heterocycles. The summed E-state index contributed by atoms with van der Waals surface area (Å²) in [5.74, 6) is 0. The summed E-state index contributed by atoms with van der Waals surface area (Å²) in [6.45, 7) is 3.12. The van der Waals surface area contributed by atoms with E-state index in [1.54, 1.807) is 0 Å². The van der Waals surface area contributed by atoms with Gasteiger partial charge in [-0.3, -0.25) is 0 Å². The van der Waals surface area contributed by atoms with Crippen LogP contribution in [-0.2, 0) is 25.9 Å². The molecular weight excluding hydrogens is 336 g/mol. The lowest BCUT2D eigenvalue weighted by molar-refractivity contribution is 0.594. The van der Waals surface area contributed by atoms with Gasteiger partial charge in [0.2, 0.25) is 0 Å². The smallest absolute Gasteiger partial charge is 0.0486 e. The number of hydrogen-bond donors (Lipinski definition) is 1. The molecule has 0 fully saturated rings. The van der Waals surface area contributed by atoms with E-state index in [0.29, 0.717) is 0 Å². The monoisotopic (exact) mass is 354 g/mol. The Bertz CT molecular complexity index is 805. The van der Waals surface area contributed by atoms with Gasteiger partial charge in [-0.25, -0.2) is 0 Å². The molecule has 2 nitrogen and oxygen atoms in total. The third-order valence-electron chi connectivity index (χ3n) is 4.56. The molecule has 1 aliphatic rings. The van der Waals surface area contributed by atoms with Crippen LogP contribution in [0.3, 0.4) is 0 Å². The summed E-state index contributed by atoms with van der Waals surface area (Å²) >= 11 is 3.62. The molecule has 0 saturated carbocycles. The van der Waals surface area contributed by atoms with Crippen molar-refractivity contribution >= 4 is 26.8 Å². The third kappa shape index (κ3) is 2.49. The summed E-state index contributed by atoms with van der Waals surface area (Å²) < 4.78 is 3.69. The summed E-state index contributed by atoms with van der Waals surface area (Å²) in [6, 6.07) is 17.4. The topological polar surface area (TPSA) is 17.0 Å². The van der Waals surface area contributed by atoms with E-state index in [0.717, 1.165) is 36.9 Å². The van der Waals surface area contributed by atoms with E-state index in [9.17, 15) is 0 Å². The highest BCUT2D eigenvalue weighted by Crippen LogP contribution is 2.31. The molecule has 1 N–H and O–H groups in total. The minimum absolute atomic E-state index is 0.987. The fourth-order valence-electron chi connectivity index (χ4n) is 3.49. The predicted octanol–water partition coefficient (Wildman–Crippen LogP) is 4.29. The molecule has 22 heavy (non-hydrogen) atoms. The van der Waals surface area contributed by atoms with Crippen molar-refractivity contribution in [3.05, 3.63) is 69.8 Å². The first-order valence-corrected chi connectivity index (χ1v) is 8.66. The summed E-state index contributed by atoms with van der Waals surface area (Å²) in [5.41, 5.74) is 5.77. The number of aryl methyl sites for hydroxylation is 2. The quantitative estimate of drug-likeness (QED) is 0.742. The second kappa shape index (κ2) is 5.90. The van der Waals surface area contributed by atoms with Crippen molar-refractivity contribution in [3.63, 3.8) is 0 Å². The van der Waals surface area contributed by atoms with E-state index in [-0.39, 0.29) is 0 Å². The molecular formula is C19H19BrN2. The molecule has 0 atom stereocenters. The number of fused-ring (bicyclic) bond motifs is 3. The van der Waals surface area contributed by atoms with Crippen LogP contribution in [0.4, 0.5) is 0 Å². The SMILES string of the molecule is Brc1ccc2c(c1)c1c(n2CCc2ccccc2)CCNC1. The van der Waals surface area contributed by atoms with Crippen LogP contribution in [-0.4, -0.2) is 11.1 Å². The van der Waals surface area contributed by atoms with Gasteiger partial charge >= 0.3 is 0 Å². The van der Waals surface area contributed by atoms with Crippen molar-refractivity contribution in [2.75, 3.05) is 6.54 Å². The van der Waals surface area contributed by atoms with Gasteiger partial charge in [-0.1, -0.05) is 46.3 Å². The highest BCUT2D eigenvalue weighted by atomic mass is 79.9. The normalized spacial score (nSPS) is 14.2. The van der Waals surface area contributed by atoms with Crippen LogP contribution in [0, 0.1) is 0 Å². The van der Waals surface area contributed by atoms with E-state index >= 15 is 0 Å². The zero-order valence-electron chi connectivity index (χ0n) is 12.5. The van der Waals surface area contributed by atoms with Crippen LogP contribution in [0.15, 0.2) is 53.0 Å². The fourth-order valence-corrected chi connectivity index (χ4v) is 3.85. The van der Waals surface area contributed by atoms with Gasteiger partial charge in [0.25, 0.3) is 0 Å². The van der Waals surface area contributed by atoms with Gasteiger partial charge in [0.05, 0.1) is 0 Å². The van der Waals surface area contributed by atoms with Crippen LogP contribution in [0.1, 0.15) is 16.8 Å². The van der Waals surface area contributed by atoms with Crippen LogP contribution in [0.25, 0.3) is 10.9 Å². The second-order valence-corrected chi connectivity index (χ2v) is 6.82. The number of aromatic nitrogens is 1. The van der Waals surface area contributed by atoms with Crippen molar-refractivity contribution < 1.29 is 0 Å². The predicted molar refractivity (Wildman–Crippen MR) is 95.2 cm³/mol. The molecule has 3 aromatic rings. The maximum atomic E-state index is 3.62. The van der Waals surface area contributed by atoms with E-state index in [1.807, 2.05) is 0 Å². The molecule has 0 spiro atoms. The number of halogens is 1. The Morgan fingerprint density at radius 3 is 2.82 bits per heavy atom. The molecule has 0 radical (unpaired) electrons. The summed E-state index contributed by atoms with van der Waals surface area (Å²) in [6.07, 6.45) is 2.21. The van der Waals surface area contributed by atoms with Crippen molar-refractivity contribution in [3.8, 4) is 0 Å². The Kier molecular flexibility index (Phi) is 3.77. The zero-order valence-corrected chi connectivity index (χ0v) is 14.1. The van der Waals surface area contributed by atoms with Gasteiger partial charge in [0, 0.05) is 47.1 Å². The highest BCUT2D eigenvalue weighted by molar-refractivity contribution is 9.10. The molecule has 0 unspecified atom stereocenters. The van der Waals surface area contributed by atoms with Crippen molar-refractivity contribution in [1.29, 1.82) is 0 Å². The second-order valence-electron chi connectivity index (χ2n) is 5.90. The van der Waals surface area contributed by atoms with Gasteiger partial charge in [-0.2, -0.15) is 0 Å². The van der Waals surface area contributed by atoms with Gasteiger partial charge in [0.1, 0.15) is 0 Å². The Morgan fingerprint density at radius 1 is 1.09 bits per heavy atom. The first-order chi connectivity index (χ1) is 10.8. The first kappa shape index (κ1) is 14.0. The Labute approximate surface area is 139 Å². The van der Waals surface area contributed by atoms with E-state index in [1.165, 1.54) is 27.7 Å². The molecule has 0 saturated heterocycles. The van der Waals surface area contributed by atoms with Gasteiger partial charge in [0.15, 0.2) is 0 Å². The lowest BCUT2D eigenvalue weighted by Gasteiger charge is -2.17. The van der Waals surface area contributed by atoms with Gasteiger partial charge < -0.3 is 9.88 Å². The molecule has 4 rings (SSSR count). The standard InChI is InChI=1S/C19H19BrN2/c20-15-6-7-18-16(12-15)17-13-21-10-8-19(17)22(18)11-9-14-4-2-1-3-5-14/h1-7,12,21H,8-11,13H2. The maximum Gasteiger partial charge on any atom is 0.0486 e. The summed E-state index contributed by atoms with van der Waals surface area (Å²) in [4.78, 5) is 0. The Morgan fingerprint density at radius 2 is 1.95 bits per heavy atom. The third-order valence-corrected chi connectivity index (χ3v) is 5.05. The average Bonchev–Trinajstić information content (AvgIpc) is 2.87. The van der Waals surface area contributed by atoms with Crippen molar-refractivity contribution in [2.45, 2.75) is 25.9 Å². The van der Waals surface area contributed by atoms with Crippen LogP contribution in [0.2, 0.25) is 0 Å². The Hall–Kier alpha value is -1.58. The number of hydrogen-bond acceptors (Lipinski definition) is 1. The fraction of sp³-hybridized carbons (Fsp3) is 0.263. The van der Waals surface area contributed by atoms with E-state index < -0.39 is 0 Å². The highest BCUT2D eigenvalue weighted by Gasteiger charge is 2.19. The van der Waals surface area contributed by atoms with Gasteiger partial charge in [-0.05, 0) is 35.7 Å². The zero-order chi connectivity index (χ0) is 14.9. The molecule has 1 aliphatic heterocycles. The molecule has 112 valence electrons. The Balaban J connectivity index is 1.76. The molecule has 0 aliphatic carbocycles. The largest absolute Gasteiger partial charge is 0.344 e. The number of nitrogens with zero attached hydrogens (tertiary/aromatic N) is 1. The van der Waals surface area contributed by atoms with Crippen LogP contribution < -0.4 is 5.32 Å².